The van der Waals surface area contributed by atoms with Gasteiger partial charge in [-0.15, -0.1) is 0 Å². The quantitative estimate of drug-likeness (QED) is 0.139. The van der Waals surface area contributed by atoms with Crippen molar-refractivity contribution in [3.63, 3.8) is 0 Å². The van der Waals surface area contributed by atoms with Crippen LogP contribution in [0.2, 0.25) is 0 Å². The molecule has 1 saturated heterocycles. The standard InChI is InChI=1S/C33H36N4O5/c1-21-8-7-9-22(2)37(21)18-19-42-36-31(38)24-12-15-26(16-13-24)34-30(23-10-5-4-6-11-23)29-27-17-14-25(33(40)41-3)20-28(27)35-32(29)39/h4-6,10-17,20-22,34H,7-9,18-19H2,1-3H3,(H,35,39)(H,36,38)/b30-29-/t21-,22+. The monoisotopic (exact) mass is 568 g/mol. The number of likely N-dealkylation sites (tertiary alicyclic amines) is 1. The second kappa shape index (κ2) is 13.0. The summed E-state index contributed by atoms with van der Waals surface area (Å²) in [6.07, 6.45) is 3.63. The number of anilines is 2. The first kappa shape index (κ1) is 29.0. The van der Waals surface area contributed by atoms with Crippen LogP contribution >= 0.6 is 0 Å². The Balaban J connectivity index is 1.30. The number of hydroxylamine groups is 1. The van der Waals surface area contributed by atoms with Crippen LogP contribution in [0.25, 0.3) is 11.3 Å². The van der Waals surface area contributed by atoms with Gasteiger partial charge in [-0.25, -0.2) is 10.3 Å². The van der Waals surface area contributed by atoms with Crippen molar-refractivity contribution in [1.29, 1.82) is 0 Å². The van der Waals surface area contributed by atoms with Gasteiger partial charge in [0, 0.05) is 35.4 Å². The second-order valence-corrected chi connectivity index (χ2v) is 10.7. The number of carbonyl (C=O) groups is 3. The summed E-state index contributed by atoms with van der Waals surface area (Å²) in [5.74, 6) is -1.10. The van der Waals surface area contributed by atoms with Crippen LogP contribution in [0.3, 0.4) is 0 Å². The van der Waals surface area contributed by atoms with Gasteiger partial charge in [0.25, 0.3) is 11.8 Å². The van der Waals surface area contributed by atoms with E-state index in [0.29, 0.717) is 58.0 Å². The SMILES string of the molecule is COC(=O)c1ccc2c(c1)NC(=O)/C2=C(\Nc1ccc(C(=O)NOCCN2[C@H](C)CCC[C@@H]2C)cc1)c1ccccc1. The number of esters is 1. The molecule has 0 saturated carbocycles. The third-order valence-corrected chi connectivity index (χ3v) is 7.91. The van der Waals surface area contributed by atoms with Crippen LogP contribution in [-0.2, 0) is 14.4 Å². The molecule has 3 aromatic rings. The minimum atomic E-state index is -0.480. The maximum absolute atomic E-state index is 13.2. The summed E-state index contributed by atoms with van der Waals surface area (Å²) in [5, 5.41) is 6.24. The molecule has 2 aliphatic rings. The van der Waals surface area contributed by atoms with Crippen LogP contribution in [0, 0.1) is 0 Å². The van der Waals surface area contributed by atoms with E-state index >= 15 is 0 Å². The molecule has 2 atom stereocenters. The molecule has 9 heteroatoms. The van der Waals surface area contributed by atoms with Gasteiger partial charge in [-0.05, 0) is 68.7 Å². The topological polar surface area (TPSA) is 109 Å². The van der Waals surface area contributed by atoms with E-state index in [1.165, 1.54) is 26.4 Å². The zero-order valence-corrected chi connectivity index (χ0v) is 24.1. The second-order valence-electron chi connectivity index (χ2n) is 10.7. The van der Waals surface area contributed by atoms with Crippen molar-refractivity contribution >= 4 is 40.4 Å². The molecule has 5 rings (SSSR count). The Hall–Kier alpha value is -4.47. The van der Waals surface area contributed by atoms with Crippen molar-refractivity contribution in [1.82, 2.24) is 10.4 Å². The first-order valence-electron chi connectivity index (χ1n) is 14.2. The number of hydrogen-bond acceptors (Lipinski definition) is 7. The van der Waals surface area contributed by atoms with Gasteiger partial charge < -0.3 is 15.4 Å². The summed E-state index contributed by atoms with van der Waals surface area (Å²) in [7, 11) is 1.32. The summed E-state index contributed by atoms with van der Waals surface area (Å²) in [6, 6.07) is 22.5. The molecule has 0 spiro atoms. The number of benzene rings is 3. The van der Waals surface area contributed by atoms with E-state index in [2.05, 4.69) is 34.9 Å². The Bertz CT molecular complexity index is 1480. The van der Waals surface area contributed by atoms with Gasteiger partial charge in [-0.1, -0.05) is 42.8 Å². The molecule has 0 aromatic heterocycles. The highest BCUT2D eigenvalue weighted by Crippen LogP contribution is 2.38. The van der Waals surface area contributed by atoms with Gasteiger partial charge in [0.1, 0.15) is 0 Å². The molecule has 1 fully saturated rings. The van der Waals surface area contributed by atoms with E-state index in [1.54, 1.807) is 42.5 Å². The Morgan fingerprint density at radius 1 is 0.929 bits per heavy atom. The van der Waals surface area contributed by atoms with Crippen LogP contribution in [0.4, 0.5) is 11.4 Å². The summed E-state index contributed by atoms with van der Waals surface area (Å²) < 4.78 is 4.82. The number of methoxy groups -OCH3 is 1. The summed E-state index contributed by atoms with van der Waals surface area (Å²) in [6.45, 7) is 5.66. The molecule has 2 aliphatic heterocycles. The molecule has 2 amide bonds. The zero-order chi connectivity index (χ0) is 29.6. The fourth-order valence-electron chi connectivity index (χ4n) is 5.64. The average Bonchev–Trinajstić information content (AvgIpc) is 3.34. The first-order chi connectivity index (χ1) is 20.4. The highest BCUT2D eigenvalue weighted by Gasteiger charge is 2.29. The number of nitrogens with one attached hydrogen (secondary N) is 3. The maximum atomic E-state index is 13.2. The molecule has 2 heterocycles. The number of rotatable bonds is 9. The molecule has 0 bridgehead atoms. The lowest BCUT2D eigenvalue weighted by Gasteiger charge is -2.38. The molecular formula is C33H36N4O5. The van der Waals surface area contributed by atoms with Gasteiger partial charge in [-0.3, -0.25) is 19.3 Å². The van der Waals surface area contributed by atoms with Crippen molar-refractivity contribution in [3.8, 4) is 0 Å². The Morgan fingerprint density at radius 2 is 1.62 bits per heavy atom. The Labute approximate surface area is 245 Å². The van der Waals surface area contributed by atoms with Crippen LogP contribution in [0.5, 0.6) is 0 Å². The average molecular weight is 569 g/mol. The predicted molar refractivity (Wildman–Crippen MR) is 163 cm³/mol. The Morgan fingerprint density at radius 3 is 2.31 bits per heavy atom. The van der Waals surface area contributed by atoms with Crippen LogP contribution in [0.15, 0.2) is 72.8 Å². The van der Waals surface area contributed by atoms with Crippen molar-refractivity contribution in [2.75, 3.05) is 30.9 Å². The number of amides is 2. The molecule has 3 N–H and O–H groups in total. The fourth-order valence-corrected chi connectivity index (χ4v) is 5.64. The van der Waals surface area contributed by atoms with Crippen molar-refractivity contribution in [2.24, 2.45) is 0 Å². The number of piperidine rings is 1. The number of ether oxygens (including phenoxy) is 1. The lowest BCUT2D eigenvalue weighted by Crippen LogP contribution is -2.45. The van der Waals surface area contributed by atoms with E-state index in [-0.39, 0.29) is 11.8 Å². The summed E-state index contributed by atoms with van der Waals surface area (Å²) >= 11 is 0. The molecular weight excluding hydrogens is 532 g/mol. The third kappa shape index (κ3) is 6.37. The number of fused-ring (bicyclic) bond motifs is 1. The number of hydrogen-bond donors (Lipinski definition) is 3. The molecule has 9 nitrogen and oxygen atoms in total. The smallest absolute Gasteiger partial charge is 0.337 e. The number of carbonyl (C=O) groups excluding carboxylic acids is 3. The normalized spacial score (nSPS) is 19.5. The summed E-state index contributed by atoms with van der Waals surface area (Å²) in [4.78, 5) is 45.8. The lowest BCUT2D eigenvalue weighted by molar-refractivity contribution is -0.110. The van der Waals surface area contributed by atoms with E-state index in [4.69, 9.17) is 9.57 Å². The Kier molecular flexibility index (Phi) is 9.00. The minimum Gasteiger partial charge on any atom is -0.465 e. The highest BCUT2D eigenvalue weighted by atomic mass is 16.7. The highest BCUT2D eigenvalue weighted by molar-refractivity contribution is 6.37. The molecule has 3 aromatic carbocycles. The van der Waals surface area contributed by atoms with E-state index < -0.39 is 5.97 Å². The fraction of sp³-hybridized carbons (Fsp3) is 0.303. The van der Waals surface area contributed by atoms with E-state index in [1.807, 2.05) is 30.3 Å². The zero-order valence-electron chi connectivity index (χ0n) is 24.1. The minimum absolute atomic E-state index is 0.292. The van der Waals surface area contributed by atoms with Gasteiger partial charge in [0.15, 0.2) is 0 Å². The largest absolute Gasteiger partial charge is 0.465 e. The molecule has 0 radical (unpaired) electrons. The predicted octanol–water partition coefficient (Wildman–Crippen LogP) is 5.33. The van der Waals surface area contributed by atoms with Crippen molar-refractivity contribution in [3.05, 3.63) is 95.1 Å². The van der Waals surface area contributed by atoms with Crippen molar-refractivity contribution in [2.45, 2.75) is 45.2 Å². The third-order valence-electron chi connectivity index (χ3n) is 7.91. The van der Waals surface area contributed by atoms with E-state index in [9.17, 15) is 14.4 Å². The lowest BCUT2D eigenvalue weighted by atomic mass is 9.98. The maximum Gasteiger partial charge on any atom is 0.337 e. The molecule has 42 heavy (non-hydrogen) atoms. The van der Waals surface area contributed by atoms with Crippen LogP contribution < -0.4 is 16.1 Å². The molecule has 0 aliphatic carbocycles. The first-order valence-corrected chi connectivity index (χ1v) is 14.2. The number of nitrogens with zero attached hydrogens (tertiary/aromatic N) is 1. The van der Waals surface area contributed by atoms with Gasteiger partial charge in [0.05, 0.1) is 36.2 Å². The molecule has 218 valence electrons. The van der Waals surface area contributed by atoms with Crippen molar-refractivity contribution < 1.29 is 24.0 Å². The van der Waals surface area contributed by atoms with Gasteiger partial charge in [-0.2, -0.15) is 0 Å². The van der Waals surface area contributed by atoms with Gasteiger partial charge >= 0.3 is 5.97 Å². The molecule has 0 unspecified atom stereocenters. The van der Waals surface area contributed by atoms with E-state index in [0.717, 1.165) is 12.1 Å². The van der Waals surface area contributed by atoms with Crippen LogP contribution in [0.1, 0.15) is 65.0 Å². The van der Waals surface area contributed by atoms with Gasteiger partial charge in [0.2, 0.25) is 0 Å². The summed E-state index contributed by atoms with van der Waals surface area (Å²) in [5.41, 5.74) is 7.09. The van der Waals surface area contributed by atoms with Crippen LogP contribution in [-0.4, -0.2) is 55.0 Å².